The second-order valence-corrected chi connectivity index (χ2v) is 4.87. The topological polar surface area (TPSA) is 37.3 Å². The van der Waals surface area contributed by atoms with Crippen LogP contribution in [0, 0.1) is 11.8 Å². The molecule has 0 radical (unpaired) electrons. The van der Waals surface area contributed by atoms with Gasteiger partial charge in [0.05, 0.1) is 5.60 Å². The molecule has 2 heteroatoms. The van der Waals surface area contributed by atoms with Crippen LogP contribution < -0.4 is 0 Å². The fraction of sp³-hybridized carbons (Fsp3) is 0.917. The highest BCUT2D eigenvalue weighted by atomic mass is 16.3. The summed E-state index contributed by atoms with van der Waals surface area (Å²) in [6.07, 6.45) is 7.01. The van der Waals surface area contributed by atoms with Crippen LogP contribution in [0.5, 0.6) is 0 Å². The smallest absolute Gasteiger partial charge is 0.122 e. The summed E-state index contributed by atoms with van der Waals surface area (Å²) in [5.41, 5.74) is -0.768. The van der Waals surface area contributed by atoms with Crippen molar-refractivity contribution in [3.63, 3.8) is 0 Å². The molecule has 0 bridgehead atoms. The molecule has 1 rings (SSSR count). The van der Waals surface area contributed by atoms with Crippen molar-refractivity contribution < 1.29 is 9.90 Å². The third-order valence-corrected chi connectivity index (χ3v) is 3.74. The summed E-state index contributed by atoms with van der Waals surface area (Å²) in [6, 6.07) is 0. The van der Waals surface area contributed by atoms with E-state index in [0.717, 1.165) is 25.0 Å². The Balaban J connectivity index is 2.53. The highest BCUT2D eigenvalue weighted by Gasteiger charge is 2.34. The molecule has 1 fully saturated rings. The van der Waals surface area contributed by atoms with Crippen molar-refractivity contribution in [2.45, 2.75) is 58.0 Å². The van der Waals surface area contributed by atoms with Gasteiger partial charge in [0, 0.05) is 6.42 Å². The fourth-order valence-corrected chi connectivity index (χ4v) is 2.56. The summed E-state index contributed by atoms with van der Waals surface area (Å²) >= 11 is 0. The van der Waals surface area contributed by atoms with Crippen LogP contribution in [0.4, 0.5) is 0 Å². The molecular formula is C12H22O2. The van der Waals surface area contributed by atoms with E-state index in [1.807, 2.05) is 6.92 Å². The van der Waals surface area contributed by atoms with Gasteiger partial charge in [0.15, 0.2) is 0 Å². The second kappa shape index (κ2) is 4.92. The Morgan fingerprint density at radius 1 is 1.50 bits per heavy atom. The zero-order chi connectivity index (χ0) is 10.6. The zero-order valence-electron chi connectivity index (χ0n) is 9.33. The lowest BCUT2D eigenvalue weighted by molar-refractivity contribution is -0.115. The maximum absolute atomic E-state index is 10.5. The van der Waals surface area contributed by atoms with Gasteiger partial charge in [-0.2, -0.15) is 0 Å². The van der Waals surface area contributed by atoms with E-state index in [1.54, 1.807) is 0 Å². The number of hydrogen-bond donors (Lipinski definition) is 1. The first-order chi connectivity index (χ1) is 6.60. The summed E-state index contributed by atoms with van der Waals surface area (Å²) in [6.45, 7) is 4.02. The number of hydrogen-bond acceptors (Lipinski definition) is 2. The summed E-state index contributed by atoms with van der Waals surface area (Å²) in [4.78, 5) is 10.5. The zero-order valence-corrected chi connectivity index (χ0v) is 9.33. The van der Waals surface area contributed by atoms with Gasteiger partial charge in [-0.15, -0.1) is 0 Å². The fourth-order valence-electron chi connectivity index (χ4n) is 2.56. The van der Waals surface area contributed by atoms with E-state index in [4.69, 9.17) is 0 Å². The van der Waals surface area contributed by atoms with Gasteiger partial charge in [-0.25, -0.2) is 0 Å². The Morgan fingerprint density at radius 3 is 2.79 bits per heavy atom. The molecule has 1 saturated carbocycles. The third-order valence-electron chi connectivity index (χ3n) is 3.74. The Hall–Kier alpha value is -0.370. The predicted molar refractivity (Wildman–Crippen MR) is 57.0 cm³/mol. The lowest BCUT2D eigenvalue weighted by Crippen LogP contribution is -2.38. The first-order valence-electron chi connectivity index (χ1n) is 5.76. The minimum atomic E-state index is -0.768. The highest BCUT2D eigenvalue weighted by molar-refractivity contribution is 5.51. The van der Waals surface area contributed by atoms with Crippen LogP contribution >= 0.6 is 0 Å². The minimum absolute atomic E-state index is 0.286. The van der Waals surface area contributed by atoms with E-state index in [2.05, 4.69) is 6.92 Å². The SMILES string of the molecule is CCC1CCCC(C(C)(O)CC=O)C1. The summed E-state index contributed by atoms with van der Waals surface area (Å²) in [7, 11) is 0. The van der Waals surface area contributed by atoms with Gasteiger partial charge in [-0.05, 0) is 31.6 Å². The van der Waals surface area contributed by atoms with Crippen molar-refractivity contribution >= 4 is 6.29 Å². The molecular weight excluding hydrogens is 176 g/mol. The highest BCUT2D eigenvalue weighted by Crippen LogP contribution is 2.38. The van der Waals surface area contributed by atoms with Crippen LogP contribution in [0.2, 0.25) is 0 Å². The van der Waals surface area contributed by atoms with Crippen molar-refractivity contribution in [2.75, 3.05) is 0 Å². The molecule has 0 aliphatic heterocycles. The predicted octanol–water partition coefficient (Wildman–Crippen LogP) is 2.54. The number of aldehydes is 1. The molecule has 0 aromatic rings. The molecule has 0 heterocycles. The summed E-state index contributed by atoms with van der Waals surface area (Å²) < 4.78 is 0. The molecule has 3 unspecified atom stereocenters. The molecule has 1 aliphatic rings. The van der Waals surface area contributed by atoms with Gasteiger partial charge in [0.2, 0.25) is 0 Å². The molecule has 82 valence electrons. The molecule has 1 N–H and O–H groups in total. The van der Waals surface area contributed by atoms with E-state index in [1.165, 1.54) is 19.3 Å². The molecule has 3 atom stereocenters. The second-order valence-electron chi connectivity index (χ2n) is 4.87. The Bertz CT molecular complexity index is 187. The Labute approximate surface area is 86.7 Å². The average molecular weight is 198 g/mol. The molecule has 2 nitrogen and oxygen atoms in total. The van der Waals surface area contributed by atoms with E-state index >= 15 is 0 Å². The van der Waals surface area contributed by atoms with Crippen LogP contribution in [0.3, 0.4) is 0 Å². The third kappa shape index (κ3) is 2.81. The molecule has 0 amide bonds. The van der Waals surface area contributed by atoms with E-state index in [0.29, 0.717) is 5.92 Å². The van der Waals surface area contributed by atoms with Crippen LogP contribution in [0.1, 0.15) is 52.4 Å². The van der Waals surface area contributed by atoms with Crippen LogP contribution in [0.25, 0.3) is 0 Å². The van der Waals surface area contributed by atoms with Gasteiger partial charge < -0.3 is 9.90 Å². The molecule has 1 aliphatic carbocycles. The van der Waals surface area contributed by atoms with Crippen molar-refractivity contribution in [2.24, 2.45) is 11.8 Å². The Morgan fingerprint density at radius 2 is 2.21 bits per heavy atom. The first kappa shape index (κ1) is 11.7. The minimum Gasteiger partial charge on any atom is -0.389 e. The van der Waals surface area contributed by atoms with Crippen molar-refractivity contribution in [3.8, 4) is 0 Å². The largest absolute Gasteiger partial charge is 0.389 e. The maximum Gasteiger partial charge on any atom is 0.122 e. The molecule has 0 aromatic carbocycles. The lowest BCUT2D eigenvalue weighted by Gasteiger charge is -2.37. The van der Waals surface area contributed by atoms with Crippen molar-refractivity contribution in [1.82, 2.24) is 0 Å². The molecule has 0 saturated heterocycles. The Kier molecular flexibility index (Phi) is 4.11. The normalized spacial score (nSPS) is 32.2. The van der Waals surface area contributed by atoms with Gasteiger partial charge in [0.25, 0.3) is 0 Å². The average Bonchev–Trinajstić information content (AvgIpc) is 2.18. The molecule has 0 aromatic heterocycles. The number of rotatable bonds is 4. The van der Waals surface area contributed by atoms with Gasteiger partial charge in [-0.1, -0.05) is 26.2 Å². The number of carbonyl (C=O) groups is 1. The summed E-state index contributed by atoms with van der Waals surface area (Å²) in [5.74, 6) is 1.08. The number of aliphatic hydroxyl groups is 1. The quantitative estimate of drug-likeness (QED) is 0.705. The van der Waals surface area contributed by atoms with Crippen molar-refractivity contribution in [1.29, 1.82) is 0 Å². The van der Waals surface area contributed by atoms with Gasteiger partial charge in [0.1, 0.15) is 6.29 Å². The molecule has 0 spiro atoms. The van der Waals surface area contributed by atoms with E-state index < -0.39 is 5.60 Å². The first-order valence-corrected chi connectivity index (χ1v) is 5.76. The standard InChI is InChI=1S/C12H22O2/c1-3-10-5-4-6-11(9-10)12(2,14)7-8-13/h8,10-11,14H,3-7,9H2,1-2H3. The van der Waals surface area contributed by atoms with Gasteiger partial charge >= 0.3 is 0 Å². The molecule has 14 heavy (non-hydrogen) atoms. The monoisotopic (exact) mass is 198 g/mol. The van der Waals surface area contributed by atoms with Gasteiger partial charge in [-0.3, -0.25) is 0 Å². The van der Waals surface area contributed by atoms with Crippen LogP contribution in [-0.4, -0.2) is 17.0 Å². The maximum atomic E-state index is 10.5. The lowest BCUT2D eigenvalue weighted by atomic mass is 9.72. The summed E-state index contributed by atoms with van der Waals surface area (Å²) in [5, 5.41) is 10.1. The van der Waals surface area contributed by atoms with E-state index in [9.17, 15) is 9.90 Å². The van der Waals surface area contributed by atoms with Crippen LogP contribution in [0.15, 0.2) is 0 Å². The van der Waals surface area contributed by atoms with Crippen LogP contribution in [-0.2, 0) is 4.79 Å². The van der Waals surface area contributed by atoms with Crippen molar-refractivity contribution in [3.05, 3.63) is 0 Å². The number of carbonyl (C=O) groups excluding carboxylic acids is 1. The van der Waals surface area contributed by atoms with E-state index in [-0.39, 0.29) is 6.42 Å².